The molecule has 0 saturated carbocycles. The lowest BCUT2D eigenvalue weighted by atomic mass is 9.79. The first-order valence-electron chi connectivity index (χ1n) is 12.3. The second kappa shape index (κ2) is 10.8. The van der Waals surface area contributed by atoms with E-state index in [1.807, 2.05) is 12.1 Å². The largest absolute Gasteiger partial charge is 0.497 e. The van der Waals surface area contributed by atoms with Crippen molar-refractivity contribution in [3.63, 3.8) is 0 Å². The van der Waals surface area contributed by atoms with Crippen LogP contribution in [0.5, 0.6) is 5.75 Å². The van der Waals surface area contributed by atoms with E-state index in [2.05, 4.69) is 37.9 Å². The van der Waals surface area contributed by atoms with Gasteiger partial charge in [-0.1, -0.05) is 25.4 Å². The van der Waals surface area contributed by atoms with Gasteiger partial charge in [0.15, 0.2) is 0 Å². The minimum Gasteiger partial charge on any atom is -0.497 e. The first-order chi connectivity index (χ1) is 17.5. The molecule has 196 valence electrons. The fourth-order valence-corrected chi connectivity index (χ4v) is 6.12. The number of benzene rings is 2. The number of nitrogens with zero attached hydrogens (tertiary/aromatic N) is 2. The Bertz CT molecular complexity index is 1260. The maximum absolute atomic E-state index is 13.0. The molecule has 1 saturated heterocycles. The third-order valence-corrected chi connectivity index (χ3v) is 8.02. The SMILES string of the molecule is CCCN1c2cc(Cl)c(/C=C3/SC(=O)N(CC(=O)Nc4ccc(OC)cc4)C3=O)cc2C(C)CC1(C)C. The van der Waals surface area contributed by atoms with Gasteiger partial charge in [-0.05, 0) is 98.0 Å². The molecule has 0 spiro atoms. The smallest absolute Gasteiger partial charge is 0.294 e. The van der Waals surface area contributed by atoms with Gasteiger partial charge in [0.25, 0.3) is 11.1 Å². The summed E-state index contributed by atoms with van der Waals surface area (Å²) in [4.78, 5) is 41.8. The molecule has 2 aromatic carbocycles. The van der Waals surface area contributed by atoms with E-state index in [1.165, 1.54) is 5.56 Å². The quantitative estimate of drug-likeness (QED) is 0.402. The molecule has 2 aliphatic rings. The molecule has 1 N–H and O–H groups in total. The molecule has 0 aliphatic carbocycles. The molecule has 2 aliphatic heterocycles. The van der Waals surface area contributed by atoms with Gasteiger partial charge in [-0.2, -0.15) is 0 Å². The molecule has 0 radical (unpaired) electrons. The lowest BCUT2D eigenvalue weighted by Gasteiger charge is -2.47. The van der Waals surface area contributed by atoms with Gasteiger partial charge in [0, 0.05) is 28.5 Å². The molecular formula is C28H32ClN3O4S. The Labute approximate surface area is 227 Å². The second-order valence-electron chi connectivity index (χ2n) is 10.0. The number of hydrogen-bond donors (Lipinski definition) is 1. The summed E-state index contributed by atoms with van der Waals surface area (Å²) < 4.78 is 5.11. The zero-order valence-corrected chi connectivity index (χ0v) is 23.3. The highest BCUT2D eigenvalue weighted by Gasteiger charge is 2.38. The maximum atomic E-state index is 13.0. The van der Waals surface area contributed by atoms with Gasteiger partial charge >= 0.3 is 0 Å². The van der Waals surface area contributed by atoms with E-state index in [1.54, 1.807) is 37.5 Å². The Balaban J connectivity index is 1.53. The average Bonchev–Trinajstić information content (AvgIpc) is 3.10. The van der Waals surface area contributed by atoms with Crippen LogP contribution < -0.4 is 15.0 Å². The zero-order chi connectivity index (χ0) is 26.9. The van der Waals surface area contributed by atoms with E-state index < -0.39 is 17.1 Å². The number of carbonyl (C=O) groups is 3. The number of methoxy groups -OCH3 is 1. The van der Waals surface area contributed by atoms with Gasteiger partial charge in [0.2, 0.25) is 5.91 Å². The highest BCUT2D eigenvalue weighted by molar-refractivity contribution is 8.18. The number of amides is 3. The number of rotatable bonds is 7. The standard InChI is InChI=1S/C28H32ClN3O4S/c1-6-11-32-23-14-22(29)18(12-21(23)17(2)15-28(32,3)4)13-24-26(34)31(27(35)37-24)16-25(33)30-19-7-9-20(36-5)10-8-19/h7-10,12-14,17H,6,11,15-16H2,1-5H3,(H,30,33)/b24-13+. The van der Waals surface area contributed by atoms with E-state index in [-0.39, 0.29) is 17.0 Å². The van der Waals surface area contributed by atoms with Crippen molar-refractivity contribution >= 4 is 57.9 Å². The average molecular weight is 542 g/mol. The number of halogens is 1. The Kier molecular flexibility index (Phi) is 7.90. The molecule has 3 amide bonds. The van der Waals surface area contributed by atoms with Crippen molar-refractivity contribution in [2.75, 3.05) is 30.4 Å². The molecule has 1 unspecified atom stereocenters. The van der Waals surface area contributed by atoms with E-state index in [0.29, 0.717) is 27.9 Å². The van der Waals surface area contributed by atoms with E-state index in [0.717, 1.165) is 41.7 Å². The van der Waals surface area contributed by atoms with Crippen LogP contribution >= 0.6 is 23.4 Å². The molecule has 7 nitrogen and oxygen atoms in total. The van der Waals surface area contributed by atoms with Crippen LogP contribution in [-0.2, 0) is 9.59 Å². The number of imide groups is 1. The van der Waals surface area contributed by atoms with Gasteiger partial charge in [-0.3, -0.25) is 19.3 Å². The number of anilines is 2. The topological polar surface area (TPSA) is 79.0 Å². The molecule has 1 fully saturated rings. The van der Waals surface area contributed by atoms with Crippen LogP contribution in [0.1, 0.15) is 57.6 Å². The maximum Gasteiger partial charge on any atom is 0.294 e. The minimum atomic E-state index is -0.504. The predicted octanol–water partition coefficient (Wildman–Crippen LogP) is 6.53. The Morgan fingerprint density at radius 3 is 2.59 bits per heavy atom. The van der Waals surface area contributed by atoms with Crippen LogP contribution in [0.3, 0.4) is 0 Å². The van der Waals surface area contributed by atoms with Crippen molar-refractivity contribution in [2.24, 2.45) is 0 Å². The number of hydrogen-bond acceptors (Lipinski definition) is 6. The normalized spacial score (nSPS) is 19.8. The molecule has 1 atom stereocenters. The highest BCUT2D eigenvalue weighted by Crippen LogP contribution is 2.46. The summed E-state index contributed by atoms with van der Waals surface area (Å²) in [7, 11) is 1.56. The highest BCUT2D eigenvalue weighted by atomic mass is 35.5. The predicted molar refractivity (Wildman–Crippen MR) is 151 cm³/mol. The summed E-state index contributed by atoms with van der Waals surface area (Å²) in [6.45, 7) is 9.44. The lowest BCUT2D eigenvalue weighted by Crippen LogP contribution is -2.48. The number of ether oxygens (including phenoxy) is 1. The third kappa shape index (κ3) is 5.65. The van der Waals surface area contributed by atoms with Gasteiger partial charge in [0.1, 0.15) is 12.3 Å². The summed E-state index contributed by atoms with van der Waals surface area (Å²) in [5.41, 5.74) is 3.56. The van der Waals surface area contributed by atoms with Crippen LogP contribution in [0.15, 0.2) is 41.3 Å². The van der Waals surface area contributed by atoms with Crippen molar-refractivity contribution in [3.05, 3.63) is 57.5 Å². The van der Waals surface area contributed by atoms with E-state index >= 15 is 0 Å². The number of fused-ring (bicyclic) bond motifs is 1. The van der Waals surface area contributed by atoms with Crippen molar-refractivity contribution in [2.45, 2.75) is 52.0 Å². The summed E-state index contributed by atoms with van der Waals surface area (Å²) in [5, 5.41) is 2.74. The Morgan fingerprint density at radius 2 is 1.95 bits per heavy atom. The second-order valence-corrected chi connectivity index (χ2v) is 11.4. The minimum absolute atomic E-state index is 0.0162. The van der Waals surface area contributed by atoms with Crippen LogP contribution in [0.4, 0.5) is 16.2 Å². The molecule has 0 aromatic heterocycles. The van der Waals surface area contributed by atoms with Crippen molar-refractivity contribution in [3.8, 4) is 5.75 Å². The van der Waals surface area contributed by atoms with Crippen LogP contribution in [-0.4, -0.2) is 47.7 Å². The molecule has 0 bridgehead atoms. The first kappa shape index (κ1) is 27.1. The van der Waals surface area contributed by atoms with Crippen LogP contribution in [0.2, 0.25) is 5.02 Å². The number of nitrogens with one attached hydrogen (secondary N) is 1. The number of thioether (sulfide) groups is 1. The summed E-state index contributed by atoms with van der Waals surface area (Å²) in [6, 6.07) is 10.8. The fraction of sp³-hybridized carbons (Fsp3) is 0.393. The van der Waals surface area contributed by atoms with E-state index in [4.69, 9.17) is 16.3 Å². The Morgan fingerprint density at radius 1 is 1.24 bits per heavy atom. The first-order valence-corrected chi connectivity index (χ1v) is 13.5. The van der Waals surface area contributed by atoms with Crippen molar-refractivity contribution < 1.29 is 19.1 Å². The lowest BCUT2D eigenvalue weighted by molar-refractivity contribution is -0.127. The van der Waals surface area contributed by atoms with Crippen LogP contribution in [0.25, 0.3) is 6.08 Å². The molecule has 2 aromatic rings. The molecule has 2 heterocycles. The summed E-state index contributed by atoms with van der Waals surface area (Å²) in [6.07, 6.45) is 3.68. The molecular weight excluding hydrogens is 510 g/mol. The summed E-state index contributed by atoms with van der Waals surface area (Å²) in [5.74, 6) is 0.00812. The van der Waals surface area contributed by atoms with Crippen LogP contribution in [0, 0.1) is 0 Å². The Hall–Kier alpha value is -2.97. The third-order valence-electron chi connectivity index (χ3n) is 6.79. The van der Waals surface area contributed by atoms with Gasteiger partial charge in [-0.15, -0.1) is 0 Å². The van der Waals surface area contributed by atoms with Gasteiger partial charge < -0.3 is 15.0 Å². The van der Waals surface area contributed by atoms with Gasteiger partial charge in [0.05, 0.1) is 12.0 Å². The summed E-state index contributed by atoms with van der Waals surface area (Å²) >= 11 is 7.52. The van der Waals surface area contributed by atoms with Crippen molar-refractivity contribution in [1.82, 2.24) is 4.90 Å². The molecule has 37 heavy (non-hydrogen) atoms. The number of carbonyl (C=O) groups excluding carboxylic acids is 3. The van der Waals surface area contributed by atoms with Crippen molar-refractivity contribution in [1.29, 1.82) is 0 Å². The molecule has 4 rings (SSSR count). The molecule has 9 heteroatoms. The fourth-order valence-electron chi connectivity index (χ4n) is 5.07. The zero-order valence-electron chi connectivity index (χ0n) is 21.8. The monoisotopic (exact) mass is 541 g/mol. The van der Waals surface area contributed by atoms with Gasteiger partial charge in [-0.25, -0.2) is 0 Å². The van der Waals surface area contributed by atoms with E-state index in [9.17, 15) is 14.4 Å².